The summed E-state index contributed by atoms with van der Waals surface area (Å²) in [4.78, 5) is 0. The first-order valence-electron chi connectivity index (χ1n) is 6.95. The highest BCUT2D eigenvalue weighted by atomic mass is 35.5. The molecule has 0 saturated carbocycles. The molecule has 2 aromatic carbocycles. The molecule has 0 spiro atoms. The molecule has 2 aromatic rings. The van der Waals surface area contributed by atoms with Crippen LogP contribution in [0, 0.1) is 12.7 Å². The first-order valence-corrected chi connectivity index (χ1v) is 7.33. The maximum Gasteiger partial charge on any atom is 0.142 e. The van der Waals surface area contributed by atoms with Crippen molar-refractivity contribution in [2.24, 2.45) is 5.73 Å². The van der Waals surface area contributed by atoms with Crippen molar-refractivity contribution in [1.29, 1.82) is 0 Å². The van der Waals surface area contributed by atoms with Crippen LogP contribution >= 0.6 is 11.6 Å². The Morgan fingerprint density at radius 2 is 1.95 bits per heavy atom. The van der Waals surface area contributed by atoms with E-state index in [9.17, 15) is 4.39 Å². The van der Waals surface area contributed by atoms with E-state index in [1.54, 1.807) is 30.3 Å². The Morgan fingerprint density at radius 3 is 2.57 bits per heavy atom. The minimum absolute atomic E-state index is 0.294. The van der Waals surface area contributed by atoms with Gasteiger partial charge in [-0.2, -0.15) is 0 Å². The number of hydrogen-bond acceptors (Lipinski definition) is 2. The lowest BCUT2D eigenvalue weighted by molar-refractivity contribution is 0.166. The van der Waals surface area contributed by atoms with Gasteiger partial charge < -0.3 is 10.5 Å². The number of nitrogens with two attached hydrogens (primary N) is 1. The van der Waals surface area contributed by atoms with Crippen molar-refractivity contribution in [3.63, 3.8) is 0 Å². The second-order valence-electron chi connectivity index (χ2n) is 5.04. The van der Waals surface area contributed by atoms with Gasteiger partial charge in [0.25, 0.3) is 0 Å². The van der Waals surface area contributed by atoms with Crippen molar-refractivity contribution in [2.45, 2.75) is 32.4 Å². The van der Waals surface area contributed by atoms with Crippen molar-refractivity contribution in [1.82, 2.24) is 0 Å². The van der Waals surface area contributed by atoms with Gasteiger partial charge in [-0.25, -0.2) is 4.39 Å². The number of rotatable bonds is 5. The molecular weight excluding hydrogens is 289 g/mol. The zero-order valence-corrected chi connectivity index (χ0v) is 12.9. The molecule has 2 unspecified atom stereocenters. The molecular formula is C17H19ClFNO. The van der Waals surface area contributed by atoms with Gasteiger partial charge >= 0.3 is 0 Å². The van der Waals surface area contributed by atoms with Crippen LogP contribution in [0.25, 0.3) is 0 Å². The van der Waals surface area contributed by atoms with Crippen molar-refractivity contribution in [2.75, 3.05) is 0 Å². The van der Waals surface area contributed by atoms with E-state index in [1.807, 2.05) is 19.9 Å². The molecule has 2 atom stereocenters. The molecule has 21 heavy (non-hydrogen) atoms. The largest absolute Gasteiger partial charge is 0.484 e. The average molecular weight is 308 g/mol. The molecule has 2 nitrogen and oxygen atoms in total. The summed E-state index contributed by atoms with van der Waals surface area (Å²) >= 11 is 6.01. The normalized spacial score (nSPS) is 13.8. The molecule has 0 aromatic heterocycles. The molecule has 0 radical (unpaired) electrons. The SMILES string of the molecule is CCC(N)C(Oc1ccc(Cl)c(C)c1)c1ccccc1F. The second-order valence-corrected chi connectivity index (χ2v) is 5.45. The highest BCUT2D eigenvalue weighted by Gasteiger charge is 2.23. The summed E-state index contributed by atoms with van der Waals surface area (Å²) in [7, 11) is 0. The van der Waals surface area contributed by atoms with Crippen LogP contribution in [0.5, 0.6) is 5.75 Å². The molecule has 0 bridgehead atoms. The Balaban J connectivity index is 2.33. The third-order valence-electron chi connectivity index (χ3n) is 3.46. The fraction of sp³-hybridized carbons (Fsp3) is 0.294. The van der Waals surface area contributed by atoms with E-state index >= 15 is 0 Å². The third kappa shape index (κ3) is 3.74. The summed E-state index contributed by atoms with van der Waals surface area (Å²) < 4.78 is 20.0. The van der Waals surface area contributed by atoms with E-state index in [4.69, 9.17) is 22.1 Å². The number of aryl methyl sites for hydroxylation is 1. The summed E-state index contributed by atoms with van der Waals surface area (Å²) in [5.41, 5.74) is 7.50. The molecule has 0 aliphatic rings. The Labute approximate surface area is 129 Å². The van der Waals surface area contributed by atoms with Gasteiger partial charge in [-0.15, -0.1) is 0 Å². The number of benzene rings is 2. The van der Waals surface area contributed by atoms with Gasteiger partial charge in [-0.05, 0) is 43.2 Å². The Hall–Kier alpha value is -1.58. The molecule has 0 heterocycles. The molecule has 2 rings (SSSR count). The Morgan fingerprint density at radius 1 is 1.24 bits per heavy atom. The van der Waals surface area contributed by atoms with Crippen molar-refractivity contribution >= 4 is 11.6 Å². The van der Waals surface area contributed by atoms with E-state index in [-0.39, 0.29) is 11.9 Å². The second kappa shape index (κ2) is 6.92. The fourth-order valence-electron chi connectivity index (χ4n) is 2.14. The average Bonchev–Trinajstić information content (AvgIpc) is 2.48. The maximum atomic E-state index is 14.0. The Bertz CT molecular complexity index is 617. The van der Waals surface area contributed by atoms with Gasteiger partial charge in [0.2, 0.25) is 0 Å². The lowest BCUT2D eigenvalue weighted by Crippen LogP contribution is -2.32. The standard InChI is InChI=1S/C17H19ClFNO/c1-3-16(20)17(13-6-4-5-7-15(13)19)21-12-8-9-14(18)11(2)10-12/h4-10,16-17H,3,20H2,1-2H3. The summed E-state index contributed by atoms with van der Waals surface area (Å²) in [5, 5.41) is 0.671. The molecule has 4 heteroatoms. The van der Waals surface area contributed by atoms with Crippen LogP contribution in [0.15, 0.2) is 42.5 Å². The molecule has 0 saturated heterocycles. The maximum absolute atomic E-state index is 14.0. The zero-order valence-electron chi connectivity index (χ0n) is 12.1. The minimum atomic E-state index is -0.531. The van der Waals surface area contributed by atoms with Gasteiger partial charge in [0.15, 0.2) is 0 Å². The third-order valence-corrected chi connectivity index (χ3v) is 3.89. The fourth-order valence-corrected chi connectivity index (χ4v) is 2.26. The van der Waals surface area contributed by atoms with E-state index in [0.29, 0.717) is 22.8 Å². The van der Waals surface area contributed by atoms with Crippen LogP contribution in [0.3, 0.4) is 0 Å². The van der Waals surface area contributed by atoms with Crippen LogP contribution in [-0.2, 0) is 0 Å². The number of ether oxygens (including phenoxy) is 1. The molecule has 0 aliphatic heterocycles. The summed E-state index contributed by atoms with van der Waals surface area (Å²) in [6.45, 7) is 3.85. The van der Waals surface area contributed by atoms with Crippen LogP contribution in [0.4, 0.5) is 4.39 Å². The van der Waals surface area contributed by atoms with Gasteiger partial charge in [0.05, 0.1) is 0 Å². The summed E-state index contributed by atoms with van der Waals surface area (Å²) in [5.74, 6) is 0.325. The summed E-state index contributed by atoms with van der Waals surface area (Å²) in [6.07, 6.45) is 0.155. The summed E-state index contributed by atoms with van der Waals surface area (Å²) in [6, 6.07) is 11.6. The molecule has 2 N–H and O–H groups in total. The predicted molar refractivity (Wildman–Crippen MR) is 84.2 cm³/mol. The molecule has 0 fully saturated rings. The van der Waals surface area contributed by atoms with Crippen LogP contribution < -0.4 is 10.5 Å². The van der Waals surface area contributed by atoms with E-state index in [1.165, 1.54) is 6.07 Å². The van der Waals surface area contributed by atoms with Crippen LogP contribution in [-0.4, -0.2) is 6.04 Å². The monoisotopic (exact) mass is 307 g/mol. The molecule has 0 amide bonds. The van der Waals surface area contributed by atoms with Gasteiger partial charge in [0, 0.05) is 16.6 Å². The zero-order chi connectivity index (χ0) is 15.4. The smallest absolute Gasteiger partial charge is 0.142 e. The Kier molecular flexibility index (Phi) is 5.21. The van der Waals surface area contributed by atoms with Crippen molar-refractivity contribution in [3.05, 3.63) is 64.4 Å². The predicted octanol–water partition coefficient (Wildman–Crippen LogP) is 4.64. The highest BCUT2D eigenvalue weighted by molar-refractivity contribution is 6.31. The number of hydrogen-bond donors (Lipinski definition) is 1. The quantitative estimate of drug-likeness (QED) is 0.873. The lowest BCUT2D eigenvalue weighted by Gasteiger charge is -2.25. The van der Waals surface area contributed by atoms with Crippen LogP contribution in [0.2, 0.25) is 5.02 Å². The topological polar surface area (TPSA) is 35.2 Å². The van der Waals surface area contributed by atoms with E-state index in [0.717, 1.165) is 5.56 Å². The number of halogens is 2. The van der Waals surface area contributed by atoms with E-state index in [2.05, 4.69) is 0 Å². The van der Waals surface area contributed by atoms with Crippen molar-refractivity contribution < 1.29 is 9.13 Å². The molecule has 112 valence electrons. The van der Waals surface area contributed by atoms with Crippen molar-refractivity contribution in [3.8, 4) is 5.75 Å². The van der Waals surface area contributed by atoms with Gasteiger partial charge in [0.1, 0.15) is 17.7 Å². The van der Waals surface area contributed by atoms with Gasteiger partial charge in [-0.1, -0.05) is 36.7 Å². The minimum Gasteiger partial charge on any atom is -0.484 e. The molecule has 0 aliphatic carbocycles. The first-order chi connectivity index (χ1) is 10.0. The highest BCUT2D eigenvalue weighted by Crippen LogP contribution is 2.29. The van der Waals surface area contributed by atoms with Crippen LogP contribution in [0.1, 0.15) is 30.6 Å². The van der Waals surface area contributed by atoms with E-state index < -0.39 is 6.10 Å². The van der Waals surface area contributed by atoms with Gasteiger partial charge in [-0.3, -0.25) is 0 Å². The first kappa shape index (κ1) is 15.8. The lowest BCUT2D eigenvalue weighted by atomic mass is 10.00.